The maximum atomic E-state index is 12.3. The molecular weight excluding hydrogens is 268 g/mol. The van der Waals surface area contributed by atoms with Gasteiger partial charge in [-0.1, -0.05) is 11.6 Å². The number of aromatic amines is 1. The van der Waals surface area contributed by atoms with Crippen molar-refractivity contribution in [1.29, 1.82) is 0 Å². The predicted molar refractivity (Wildman–Crippen MR) is 72.8 cm³/mol. The van der Waals surface area contributed by atoms with E-state index in [1.54, 1.807) is 18.2 Å². The molecule has 2 aromatic rings. The molecule has 0 unspecified atom stereocenters. The fourth-order valence-electron chi connectivity index (χ4n) is 2.38. The van der Waals surface area contributed by atoms with Gasteiger partial charge in [0.25, 0.3) is 5.56 Å². The first kappa shape index (κ1) is 12.4. The van der Waals surface area contributed by atoms with Gasteiger partial charge in [-0.05, 0) is 31.0 Å². The second-order valence-electron chi connectivity index (χ2n) is 4.67. The van der Waals surface area contributed by atoms with Gasteiger partial charge in [-0.3, -0.25) is 9.36 Å². The summed E-state index contributed by atoms with van der Waals surface area (Å²) < 4.78 is 6.67. The Hall–Kier alpha value is -1.59. The van der Waals surface area contributed by atoms with Crippen LogP contribution < -0.4 is 11.2 Å². The van der Waals surface area contributed by atoms with Crippen LogP contribution in [0.25, 0.3) is 10.9 Å². The van der Waals surface area contributed by atoms with Crippen LogP contribution in [0.2, 0.25) is 5.02 Å². The van der Waals surface area contributed by atoms with E-state index in [9.17, 15) is 9.59 Å². The van der Waals surface area contributed by atoms with Crippen molar-refractivity contribution in [3.63, 3.8) is 0 Å². The molecule has 1 fully saturated rings. The van der Waals surface area contributed by atoms with Crippen molar-refractivity contribution >= 4 is 22.5 Å². The molecule has 0 saturated carbocycles. The number of halogens is 1. The van der Waals surface area contributed by atoms with Crippen molar-refractivity contribution in [2.45, 2.75) is 25.5 Å². The molecule has 1 aliphatic heterocycles. The summed E-state index contributed by atoms with van der Waals surface area (Å²) >= 11 is 5.85. The zero-order valence-electron chi connectivity index (χ0n) is 10.2. The molecule has 0 bridgehead atoms. The molecule has 1 atom stereocenters. The van der Waals surface area contributed by atoms with E-state index in [1.807, 2.05) is 0 Å². The summed E-state index contributed by atoms with van der Waals surface area (Å²) in [6.07, 6.45) is 1.80. The van der Waals surface area contributed by atoms with Gasteiger partial charge in [0, 0.05) is 11.6 Å². The van der Waals surface area contributed by atoms with Gasteiger partial charge in [0.15, 0.2) is 0 Å². The fourth-order valence-corrected chi connectivity index (χ4v) is 2.56. The summed E-state index contributed by atoms with van der Waals surface area (Å²) in [4.78, 5) is 26.9. The first-order chi connectivity index (χ1) is 9.15. The first-order valence-corrected chi connectivity index (χ1v) is 6.57. The lowest BCUT2D eigenvalue weighted by Gasteiger charge is -2.11. The first-order valence-electron chi connectivity index (χ1n) is 6.19. The van der Waals surface area contributed by atoms with Gasteiger partial charge in [-0.2, -0.15) is 0 Å². The van der Waals surface area contributed by atoms with Crippen LogP contribution in [0.5, 0.6) is 0 Å². The van der Waals surface area contributed by atoms with Gasteiger partial charge in [0.1, 0.15) is 0 Å². The number of nitrogens with zero attached hydrogens (tertiary/aromatic N) is 1. The van der Waals surface area contributed by atoms with E-state index in [0.717, 1.165) is 12.8 Å². The highest BCUT2D eigenvalue weighted by molar-refractivity contribution is 6.31. The van der Waals surface area contributed by atoms with E-state index in [1.165, 1.54) is 4.57 Å². The lowest BCUT2D eigenvalue weighted by Crippen LogP contribution is -2.38. The molecule has 0 aliphatic carbocycles. The van der Waals surface area contributed by atoms with Gasteiger partial charge >= 0.3 is 5.69 Å². The van der Waals surface area contributed by atoms with Crippen molar-refractivity contribution in [2.24, 2.45) is 0 Å². The minimum absolute atomic E-state index is 0.0523. The molecule has 5 nitrogen and oxygen atoms in total. The topological polar surface area (TPSA) is 64.1 Å². The van der Waals surface area contributed by atoms with Gasteiger partial charge < -0.3 is 9.72 Å². The Bertz CT molecular complexity index is 729. The molecule has 1 saturated heterocycles. The largest absolute Gasteiger partial charge is 0.376 e. The molecule has 6 heteroatoms. The molecule has 3 rings (SSSR count). The van der Waals surface area contributed by atoms with Crippen molar-refractivity contribution < 1.29 is 4.74 Å². The van der Waals surface area contributed by atoms with Crippen LogP contribution >= 0.6 is 11.6 Å². The zero-order chi connectivity index (χ0) is 13.4. The molecule has 1 aliphatic rings. The van der Waals surface area contributed by atoms with Crippen LogP contribution in [-0.4, -0.2) is 22.3 Å². The summed E-state index contributed by atoms with van der Waals surface area (Å²) in [6.45, 7) is 0.993. The smallest absolute Gasteiger partial charge is 0.328 e. The van der Waals surface area contributed by atoms with Crippen LogP contribution in [0.3, 0.4) is 0 Å². The molecular formula is C13H13ClN2O3. The molecule has 100 valence electrons. The molecule has 2 heterocycles. The van der Waals surface area contributed by atoms with E-state index in [-0.39, 0.29) is 11.7 Å². The van der Waals surface area contributed by atoms with Gasteiger partial charge in [-0.25, -0.2) is 4.79 Å². The van der Waals surface area contributed by atoms with E-state index in [2.05, 4.69) is 4.98 Å². The standard InChI is InChI=1S/C13H13ClN2O3/c14-8-3-4-10-11(6-8)15-13(18)16(12(10)17)7-9-2-1-5-19-9/h3-4,6,9H,1-2,5,7H2,(H,15,18)/t9-/m0/s1. The second-order valence-corrected chi connectivity index (χ2v) is 5.11. The fraction of sp³-hybridized carbons (Fsp3) is 0.385. The van der Waals surface area contributed by atoms with Gasteiger partial charge in [-0.15, -0.1) is 0 Å². The normalized spacial score (nSPS) is 19.1. The summed E-state index contributed by atoms with van der Waals surface area (Å²) in [5.41, 5.74) is -0.257. The lowest BCUT2D eigenvalue weighted by molar-refractivity contribution is 0.0952. The van der Waals surface area contributed by atoms with Gasteiger partial charge in [0.05, 0.1) is 23.6 Å². The molecule has 1 aromatic heterocycles. The zero-order valence-corrected chi connectivity index (χ0v) is 10.9. The average Bonchev–Trinajstić information content (AvgIpc) is 2.87. The highest BCUT2D eigenvalue weighted by atomic mass is 35.5. The molecule has 0 spiro atoms. The van der Waals surface area contributed by atoms with E-state index in [4.69, 9.17) is 16.3 Å². The Kier molecular flexibility index (Phi) is 3.16. The second kappa shape index (κ2) is 4.83. The Balaban J connectivity index is 2.11. The lowest BCUT2D eigenvalue weighted by atomic mass is 10.2. The predicted octanol–water partition coefficient (Wildman–Crippen LogP) is 1.52. The molecule has 0 amide bonds. The van der Waals surface area contributed by atoms with Crippen LogP contribution in [-0.2, 0) is 11.3 Å². The summed E-state index contributed by atoms with van der Waals surface area (Å²) in [5, 5.41) is 0.946. The average molecular weight is 281 g/mol. The maximum Gasteiger partial charge on any atom is 0.328 e. The molecule has 19 heavy (non-hydrogen) atoms. The van der Waals surface area contributed by atoms with Crippen LogP contribution in [0.15, 0.2) is 27.8 Å². The summed E-state index contributed by atoms with van der Waals surface area (Å²) in [5.74, 6) is 0. The van der Waals surface area contributed by atoms with Crippen LogP contribution in [0, 0.1) is 0 Å². The number of aromatic nitrogens is 2. The monoisotopic (exact) mass is 280 g/mol. The third-order valence-corrected chi connectivity index (χ3v) is 3.59. The van der Waals surface area contributed by atoms with E-state index >= 15 is 0 Å². The van der Waals surface area contributed by atoms with E-state index in [0.29, 0.717) is 29.1 Å². The van der Waals surface area contributed by atoms with Crippen LogP contribution in [0.4, 0.5) is 0 Å². The number of nitrogens with one attached hydrogen (secondary N) is 1. The number of benzene rings is 1. The third kappa shape index (κ3) is 2.31. The molecule has 1 N–H and O–H groups in total. The van der Waals surface area contributed by atoms with Crippen molar-refractivity contribution in [1.82, 2.24) is 9.55 Å². The number of fused-ring (bicyclic) bond motifs is 1. The van der Waals surface area contributed by atoms with Crippen molar-refractivity contribution in [3.8, 4) is 0 Å². The van der Waals surface area contributed by atoms with Crippen molar-refractivity contribution in [3.05, 3.63) is 44.1 Å². The Morgan fingerprint density at radius 2 is 2.26 bits per heavy atom. The summed E-state index contributed by atoms with van der Waals surface area (Å²) in [6, 6.07) is 4.85. The highest BCUT2D eigenvalue weighted by Gasteiger charge is 2.18. The Morgan fingerprint density at radius 3 is 3.00 bits per heavy atom. The maximum absolute atomic E-state index is 12.3. The number of hydrogen-bond acceptors (Lipinski definition) is 3. The van der Waals surface area contributed by atoms with Gasteiger partial charge in [0.2, 0.25) is 0 Å². The van der Waals surface area contributed by atoms with Crippen molar-refractivity contribution in [2.75, 3.05) is 6.61 Å². The minimum Gasteiger partial charge on any atom is -0.376 e. The molecule has 0 radical (unpaired) electrons. The quantitative estimate of drug-likeness (QED) is 0.907. The molecule has 1 aromatic carbocycles. The minimum atomic E-state index is -0.421. The third-order valence-electron chi connectivity index (χ3n) is 3.35. The highest BCUT2D eigenvalue weighted by Crippen LogP contribution is 2.15. The number of ether oxygens (including phenoxy) is 1. The summed E-state index contributed by atoms with van der Waals surface area (Å²) in [7, 11) is 0. The number of H-pyrrole nitrogens is 1. The Morgan fingerprint density at radius 1 is 1.42 bits per heavy atom. The van der Waals surface area contributed by atoms with Crippen LogP contribution in [0.1, 0.15) is 12.8 Å². The van der Waals surface area contributed by atoms with E-state index < -0.39 is 5.69 Å². The number of hydrogen-bond donors (Lipinski definition) is 1. The SMILES string of the molecule is O=c1[nH]c2cc(Cl)ccc2c(=O)n1C[C@@H]1CCCO1. The Labute approximate surface area is 113 Å². The number of rotatable bonds is 2.